The molecule has 29 heavy (non-hydrogen) atoms. The summed E-state index contributed by atoms with van der Waals surface area (Å²) in [5, 5.41) is 0. The Labute approximate surface area is 179 Å². The minimum absolute atomic E-state index is 0.223. The van der Waals surface area contributed by atoms with E-state index in [0.717, 1.165) is 37.4 Å². The van der Waals surface area contributed by atoms with Crippen LogP contribution in [0.5, 0.6) is 0 Å². The van der Waals surface area contributed by atoms with Gasteiger partial charge in [0, 0.05) is 37.2 Å². The van der Waals surface area contributed by atoms with E-state index in [9.17, 15) is 4.79 Å². The lowest BCUT2D eigenvalue weighted by Gasteiger charge is -2.29. The summed E-state index contributed by atoms with van der Waals surface area (Å²) in [6.45, 7) is 11.5. The van der Waals surface area contributed by atoms with Gasteiger partial charge in [0.05, 0.1) is 6.54 Å². The number of likely N-dealkylation sites (N-methyl/N-ethyl adjacent to an activating group) is 1. The number of carbonyl (C=O) groups excluding carboxylic acids is 1. The summed E-state index contributed by atoms with van der Waals surface area (Å²) >= 11 is 1.82. The van der Waals surface area contributed by atoms with E-state index in [2.05, 4.69) is 53.0 Å². The van der Waals surface area contributed by atoms with Crippen LogP contribution in [0.25, 0.3) is 5.57 Å². The van der Waals surface area contributed by atoms with Gasteiger partial charge in [-0.1, -0.05) is 43.3 Å². The number of allylic oxidation sites excluding steroid dienone is 1. The van der Waals surface area contributed by atoms with Crippen molar-refractivity contribution in [2.45, 2.75) is 20.3 Å². The molecule has 0 radical (unpaired) electrons. The van der Waals surface area contributed by atoms with E-state index in [1.54, 1.807) is 6.20 Å². The molecule has 156 valence electrons. The number of amides is 1. The monoisotopic (exact) mass is 412 g/mol. The van der Waals surface area contributed by atoms with Crippen molar-refractivity contribution in [1.29, 1.82) is 0 Å². The van der Waals surface area contributed by atoms with Crippen molar-refractivity contribution in [2.24, 2.45) is 9.98 Å². The number of nitrogens with zero attached hydrogens (tertiary/aromatic N) is 4. The average Bonchev–Trinajstić information content (AvgIpc) is 2.77. The Morgan fingerprint density at radius 3 is 2.66 bits per heavy atom. The minimum Gasteiger partial charge on any atom is -0.338 e. The van der Waals surface area contributed by atoms with Crippen molar-refractivity contribution in [3.05, 3.63) is 53.7 Å². The number of benzene rings is 1. The summed E-state index contributed by atoms with van der Waals surface area (Å²) in [6, 6.07) is 8.23. The number of hydrogen-bond acceptors (Lipinski definition) is 4. The molecule has 0 aromatic heterocycles. The van der Waals surface area contributed by atoms with Gasteiger partial charge in [0.2, 0.25) is 5.91 Å². The predicted molar refractivity (Wildman–Crippen MR) is 127 cm³/mol. The standard InChI is InChI=1S/C23H32N4OS/c1-5-13-25-23(24-3)21-9-7-19(8-10-21)20-11-14-27(15-12-20)22(28)18-26(6-2)16-17-29-4/h5,7-11,13H,3,6,12,14-18H2,1-2,4H3/b13-5-,25-23?. The van der Waals surface area contributed by atoms with Crippen LogP contribution in [0.4, 0.5) is 0 Å². The molecular formula is C23H32N4OS. The molecule has 1 aromatic rings. The highest BCUT2D eigenvalue weighted by Crippen LogP contribution is 2.23. The van der Waals surface area contributed by atoms with Gasteiger partial charge in [-0.25, -0.2) is 9.98 Å². The van der Waals surface area contributed by atoms with Crippen LogP contribution in [0.3, 0.4) is 0 Å². The molecule has 0 saturated heterocycles. The van der Waals surface area contributed by atoms with Gasteiger partial charge in [-0.05, 0) is 44.0 Å². The second kappa shape index (κ2) is 12.4. The van der Waals surface area contributed by atoms with Crippen molar-refractivity contribution in [3.63, 3.8) is 0 Å². The Hall–Kier alpha value is -2.18. The maximum atomic E-state index is 12.6. The first-order valence-corrected chi connectivity index (χ1v) is 11.5. The molecule has 1 aliphatic rings. The van der Waals surface area contributed by atoms with Gasteiger partial charge in [-0.2, -0.15) is 11.8 Å². The molecule has 2 rings (SSSR count). The molecule has 5 nitrogen and oxygen atoms in total. The number of hydrogen-bond donors (Lipinski definition) is 0. The SMILES string of the molecule is C=NC(=N/C=C\C)c1ccc(C2=CCN(C(=O)CN(CC)CCSC)CC2)cc1. The van der Waals surface area contributed by atoms with Crippen LogP contribution >= 0.6 is 11.8 Å². The first kappa shape index (κ1) is 23.1. The Balaban J connectivity index is 1.98. The quantitative estimate of drug-likeness (QED) is 0.455. The van der Waals surface area contributed by atoms with Gasteiger partial charge < -0.3 is 4.90 Å². The van der Waals surface area contributed by atoms with Gasteiger partial charge in [0.25, 0.3) is 0 Å². The summed E-state index contributed by atoms with van der Waals surface area (Å²) < 4.78 is 0. The third-order valence-corrected chi connectivity index (χ3v) is 5.58. The zero-order valence-electron chi connectivity index (χ0n) is 17.8. The molecule has 0 N–H and O–H groups in total. The Morgan fingerprint density at radius 1 is 1.34 bits per heavy atom. The number of thioether (sulfide) groups is 1. The lowest BCUT2D eigenvalue weighted by molar-refractivity contribution is -0.131. The van der Waals surface area contributed by atoms with E-state index in [1.807, 2.05) is 41.8 Å². The lowest BCUT2D eigenvalue weighted by atomic mass is 9.98. The molecule has 1 aromatic carbocycles. The minimum atomic E-state index is 0.223. The second-order valence-corrected chi connectivity index (χ2v) is 7.84. The highest BCUT2D eigenvalue weighted by Gasteiger charge is 2.19. The molecule has 0 spiro atoms. The summed E-state index contributed by atoms with van der Waals surface area (Å²) in [6.07, 6.45) is 8.73. The predicted octanol–water partition coefficient (Wildman–Crippen LogP) is 3.97. The zero-order valence-corrected chi connectivity index (χ0v) is 18.6. The number of aliphatic imine (C=N–C) groups is 2. The van der Waals surface area contributed by atoms with E-state index >= 15 is 0 Å². The summed E-state index contributed by atoms with van der Waals surface area (Å²) in [5.41, 5.74) is 3.42. The second-order valence-electron chi connectivity index (χ2n) is 6.85. The molecule has 0 aliphatic carbocycles. The van der Waals surface area contributed by atoms with Crippen LogP contribution in [0, 0.1) is 0 Å². The van der Waals surface area contributed by atoms with Crippen molar-refractivity contribution >= 4 is 35.8 Å². The van der Waals surface area contributed by atoms with Crippen molar-refractivity contribution in [1.82, 2.24) is 9.80 Å². The fourth-order valence-electron chi connectivity index (χ4n) is 3.20. The smallest absolute Gasteiger partial charge is 0.237 e. The lowest BCUT2D eigenvalue weighted by Crippen LogP contribution is -2.42. The fourth-order valence-corrected chi connectivity index (χ4v) is 3.64. The maximum absolute atomic E-state index is 12.6. The summed E-state index contributed by atoms with van der Waals surface area (Å²) in [5.74, 6) is 1.90. The van der Waals surface area contributed by atoms with Gasteiger partial charge in [0.15, 0.2) is 5.84 Å². The molecule has 0 fully saturated rings. The van der Waals surface area contributed by atoms with Crippen LogP contribution in [-0.2, 0) is 4.79 Å². The molecule has 1 amide bonds. The first-order chi connectivity index (χ1) is 14.1. The highest BCUT2D eigenvalue weighted by atomic mass is 32.2. The Morgan fingerprint density at radius 2 is 2.10 bits per heavy atom. The van der Waals surface area contributed by atoms with Gasteiger partial charge >= 0.3 is 0 Å². The van der Waals surface area contributed by atoms with E-state index in [4.69, 9.17) is 0 Å². The summed E-state index contributed by atoms with van der Waals surface area (Å²) in [7, 11) is 0. The number of carbonyl (C=O) groups is 1. The van der Waals surface area contributed by atoms with Crippen LogP contribution in [0.1, 0.15) is 31.4 Å². The van der Waals surface area contributed by atoms with Crippen molar-refractivity contribution < 1.29 is 4.79 Å². The average molecular weight is 413 g/mol. The molecule has 0 bridgehead atoms. The molecule has 0 atom stereocenters. The van der Waals surface area contributed by atoms with Crippen LogP contribution in [0.2, 0.25) is 0 Å². The third kappa shape index (κ3) is 6.98. The maximum Gasteiger partial charge on any atom is 0.237 e. The molecular weight excluding hydrogens is 380 g/mol. The Kier molecular flexibility index (Phi) is 9.88. The molecule has 0 unspecified atom stereocenters. The number of amidine groups is 1. The largest absolute Gasteiger partial charge is 0.338 e. The van der Waals surface area contributed by atoms with E-state index in [0.29, 0.717) is 18.9 Å². The van der Waals surface area contributed by atoms with Crippen LogP contribution in [0.15, 0.2) is 52.6 Å². The zero-order chi connectivity index (χ0) is 21.1. The normalized spacial score (nSPS) is 15.1. The third-order valence-electron chi connectivity index (χ3n) is 4.99. The number of rotatable bonds is 9. The van der Waals surface area contributed by atoms with Crippen molar-refractivity contribution in [3.8, 4) is 0 Å². The van der Waals surface area contributed by atoms with Gasteiger partial charge in [0.1, 0.15) is 0 Å². The van der Waals surface area contributed by atoms with Gasteiger partial charge in [-0.3, -0.25) is 9.69 Å². The van der Waals surface area contributed by atoms with Crippen molar-refractivity contribution in [2.75, 3.05) is 44.7 Å². The first-order valence-electron chi connectivity index (χ1n) is 10.1. The van der Waals surface area contributed by atoms with E-state index in [-0.39, 0.29) is 5.91 Å². The topological polar surface area (TPSA) is 48.3 Å². The van der Waals surface area contributed by atoms with Crippen LogP contribution in [-0.4, -0.2) is 73.0 Å². The molecule has 0 saturated carbocycles. The van der Waals surface area contributed by atoms with E-state index in [1.165, 1.54) is 11.1 Å². The fraction of sp³-hybridized carbons (Fsp3) is 0.435. The molecule has 6 heteroatoms. The molecule has 1 aliphatic heterocycles. The van der Waals surface area contributed by atoms with Crippen LogP contribution < -0.4 is 0 Å². The molecule has 1 heterocycles. The Bertz CT molecular complexity index is 768. The van der Waals surface area contributed by atoms with E-state index < -0.39 is 0 Å². The van der Waals surface area contributed by atoms with Gasteiger partial charge in [-0.15, -0.1) is 0 Å². The highest BCUT2D eigenvalue weighted by molar-refractivity contribution is 7.98. The summed E-state index contributed by atoms with van der Waals surface area (Å²) in [4.78, 5) is 25.1.